The second-order valence-electron chi connectivity index (χ2n) is 4.22. The Balaban J connectivity index is 2.26. The minimum Gasteiger partial charge on any atom is -0.399 e. The van der Waals surface area contributed by atoms with Crippen molar-refractivity contribution in [3.8, 4) is 0 Å². The van der Waals surface area contributed by atoms with E-state index in [9.17, 15) is 18.7 Å². The number of nitro groups is 1. The summed E-state index contributed by atoms with van der Waals surface area (Å²) >= 11 is 5.94. The van der Waals surface area contributed by atoms with Gasteiger partial charge in [0.05, 0.1) is 31.4 Å². The molecule has 0 aromatic heterocycles. The van der Waals surface area contributed by atoms with Crippen LogP contribution in [0.1, 0.15) is 5.56 Å². The third kappa shape index (κ3) is 3.56. The number of nitrogens with two attached hydrogens (primary N) is 1. The van der Waals surface area contributed by atoms with Crippen LogP contribution >= 0.6 is 11.6 Å². The molecule has 0 fully saturated rings. The predicted octanol–water partition coefficient (Wildman–Crippen LogP) is 3.28. The molecule has 0 aliphatic carbocycles. The Bertz CT molecular complexity index is 739. The summed E-state index contributed by atoms with van der Waals surface area (Å²) in [6, 6.07) is 7.99. The van der Waals surface area contributed by atoms with Crippen LogP contribution in [0.3, 0.4) is 0 Å². The van der Waals surface area contributed by atoms with Gasteiger partial charge >= 0.3 is 5.69 Å². The van der Waals surface area contributed by atoms with Crippen molar-refractivity contribution < 1.29 is 13.5 Å². The average molecular weight is 329 g/mol. The predicted molar refractivity (Wildman–Crippen MR) is 79.0 cm³/mol. The van der Waals surface area contributed by atoms with Crippen LogP contribution in [-0.4, -0.2) is 9.13 Å². The topological polar surface area (TPSA) is 86.2 Å². The molecule has 2 rings (SSSR count). The Hall–Kier alpha value is -1.99. The van der Waals surface area contributed by atoms with E-state index >= 15 is 0 Å². The first-order valence-electron chi connectivity index (χ1n) is 5.74. The van der Waals surface area contributed by atoms with Gasteiger partial charge in [-0.15, -0.1) is 0 Å². The van der Waals surface area contributed by atoms with Crippen molar-refractivity contribution in [3.05, 3.63) is 62.9 Å². The van der Waals surface area contributed by atoms with Gasteiger partial charge in [0.1, 0.15) is 0 Å². The van der Waals surface area contributed by atoms with Crippen LogP contribution in [0.2, 0.25) is 5.02 Å². The Morgan fingerprint density at radius 3 is 2.62 bits per heavy atom. The van der Waals surface area contributed by atoms with Gasteiger partial charge in [-0.2, -0.15) is 4.39 Å². The fourth-order valence-corrected chi connectivity index (χ4v) is 3.28. The van der Waals surface area contributed by atoms with Crippen LogP contribution in [0.25, 0.3) is 0 Å². The zero-order valence-corrected chi connectivity index (χ0v) is 12.2. The molecule has 0 bridgehead atoms. The minimum atomic E-state index is -1.53. The van der Waals surface area contributed by atoms with E-state index in [0.717, 1.165) is 12.1 Å². The molecule has 0 spiro atoms. The molecular weight excluding hydrogens is 319 g/mol. The highest BCUT2D eigenvalue weighted by Crippen LogP contribution is 2.25. The molecule has 1 unspecified atom stereocenters. The van der Waals surface area contributed by atoms with Gasteiger partial charge in [0.15, 0.2) is 0 Å². The molecule has 2 N–H and O–H groups in total. The summed E-state index contributed by atoms with van der Waals surface area (Å²) in [7, 11) is -1.53. The van der Waals surface area contributed by atoms with Crippen molar-refractivity contribution in [1.29, 1.82) is 0 Å². The summed E-state index contributed by atoms with van der Waals surface area (Å²) < 4.78 is 25.7. The molecule has 1 atom stereocenters. The van der Waals surface area contributed by atoms with E-state index in [0.29, 0.717) is 21.2 Å². The fraction of sp³-hybridized carbons (Fsp3) is 0.0769. The van der Waals surface area contributed by atoms with E-state index in [1.54, 1.807) is 6.07 Å². The first kappa shape index (κ1) is 15.4. The van der Waals surface area contributed by atoms with E-state index in [-0.39, 0.29) is 5.75 Å². The van der Waals surface area contributed by atoms with Crippen LogP contribution in [-0.2, 0) is 16.6 Å². The van der Waals surface area contributed by atoms with Crippen LogP contribution < -0.4 is 5.73 Å². The number of anilines is 1. The standard InChI is InChI=1S/C13H10ClFN2O3S/c14-10-3-2-9(16)6-13(10)21(20)7-8-1-4-12(17(18)19)11(15)5-8/h1-6H,7,16H2. The fourth-order valence-electron chi connectivity index (χ4n) is 1.71. The van der Waals surface area contributed by atoms with Crippen molar-refractivity contribution in [2.45, 2.75) is 10.6 Å². The zero-order chi connectivity index (χ0) is 15.6. The Kier molecular flexibility index (Phi) is 4.54. The third-order valence-corrected chi connectivity index (χ3v) is 4.57. The minimum absolute atomic E-state index is 0.0158. The summed E-state index contributed by atoms with van der Waals surface area (Å²) in [6.45, 7) is 0. The number of nitrogens with zero attached hydrogens (tertiary/aromatic N) is 1. The molecule has 0 saturated heterocycles. The maximum atomic E-state index is 13.5. The van der Waals surface area contributed by atoms with Crippen molar-refractivity contribution in [1.82, 2.24) is 0 Å². The first-order valence-corrected chi connectivity index (χ1v) is 7.44. The van der Waals surface area contributed by atoms with Gasteiger partial charge in [-0.05, 0) is 29.8 Å². The molecule has 2 aromatic carbocycles. The van der Waals surface area contributed by atoms with Gasteiger partial charge < -0.3 is 5.73 Å². The SMILES string of the molecule is Nc1ccc(Cl)c(S(=O)Cc2ccc([N+](=O)[O-])c(F)c2)c1. The van der Waals surface area contributed by atoms with Crippen LogP contribution in [0.4, 0.5) is 15.8 Å². The molecule has 110 valence electrons. The van der Waals surface area contributed by atoms with Crippen molar-refractivity contribution in [3.63, 3.8) is 0 Å². The van der Waals surface area contributed by atoms with E-state index in [1.807, 2.05) is 0 Å². The summed E-state index contributed by atoms with van der Waals surface area (Å²) in [5, 5.41) is 10.8. The summed E-state index contributed by atoms with van der Waals surface area (Å²) in [6.07, 6.45) is 0. The highest BCUT2D eigenvalue weighted by atomic mass is 35.5. The van der Waals surface area contributed by atoms with E-state index in [4.69, 9.17) is 17.3 Å². The van der Waals surface area contributed by atoms with Crippen molar-refractivity contribution in [2.75, 3.05) is 5.73 Å². The quantitative estimate of drug-likeness (QED) is 0.530. The van der Waals surface area contributed by atoms with Gasteiger partial charge in [0.25, 0.3) is 0 Å². The molecule has 0 amide bonds. The van der Waals surface area contributed by atoms with Gasteiger partial charge in [0.2, 0.25) is 5.82 Å². The Morgan fingerprint density at radius 1 is 1.29 bits per heavy atom. The molecule has 8 heteroatoms. The maximum Gasteiger partial charge on any atom is 0.304 e. The average Bonchev–Trinajstić information content (AvgIpc) is 2.41. The first-order chi connectivity index (χ1) is 9.88. The molecule has 21 heavy (non-hydrogen) atoms. The molecule has 5 nitrogen and oxygen atoms in total. The highest BCUT2D eigenvalue weighted by molar-refractivity contribution is 7.84. The van der Waals surface area contributed by atoms with E-state index in [2.05, 4.69) is 0 Å². The zero-order valence-electron chi connectivity index (χ0n) is 10.6. The second-order valence-corrected chi connectivity index (χ2v) is 6.05. The van der Waals surface area contributed by atoms with Crippen LogP contribution in [0, 0.1) is 15.9 Å². The van der Waals surface area contributed by atoms with Gasteiger partial charge in [-0.25, -0.2) is 0 Å². The normalized spacial score (nSPS) is 12.1. The second kappa shape index (κ2) is 6.19. The number of halogens is 2. The van der Waals surface area contributed by atoms with Crippen LogP contribution in [0.5, 0.6) is 0 Å². The van der Waals surface area contributed by atoms with Gasteiger partial charge in [0, 0.05) is 11.8 Å². The van der Waals surface area contributed by atoms with Crippen molar-refractivity contribution in [2.24, 2.45) is 0 Å². The number of nitro benzene ring substituents is 1. The summed E-state index contributed by atoms with van der Waals surface area (Å²) in [5.41, 5.74) is 5.77. The van der Waals surface area contributed by atoms with E-state index < -0.39 is 27.2 Å². The molecule has 0 radical (unpaired) electrons. The number of benzene rings is 2. The molecular formula is C13H10ClFN2O3S. The number of hydrogen-bond acceptors (Lipinski definition) is 4. The lowest BCUT2D eigenvalue weighted by atomic mass is 10.2. The van der Waals surface area contributed by atoms with Gasteiger partial charge in [-0.1, -0.05) is 17.7 Å². The monoisotopic (exact) mass is 328 g/mol. The molecule has 2 aromatic rings. The summed E-state index contributed by atoms with van der Waals surface area (Å²) in [4.78, 5) is 10.1. The molecule has 0 aliphatic heterocycles. The lowest BCUT2D eigenvalue weighted by Gasteiger charge is -2.06. The molecule has 0 heterocycles. The Morgan fingerprint density at radius 2 is 2.00 bits per heavy atom. The number of nitrogen functional groups attached to an aromatic ring is 1. The molecule has 0 saturated carbocycles. The lowest BCUT2D eigenvalue weighted by molar-refractivity contribution is -0.387. The smallest absolute Gasteiger partial charge is 0.304 e. The third-order valence-electron chi connectivity index (χ3n) is 2.71. The van der Waals surface area contributed by atoms with Gasteiger partial charge in [-0.3, -0.25) is 14.3 Å². The molecule has 0 aliphatic rings. The van der Waals surface area contributed by atoms with E-state index in [1.165, 1.54) is 18.2 Å². The lowest BCUT2D eigenvalue weighted by Crippen LogP contribution is -2.00. The largest absolute Gasteiger partial charge is 0.399 e. The summed E-state index contributed by atoms with van der Waals surface area (Å²) in [5.74, 6) is -0.980. The van der Waals surface area contributed by atoms with Crippen LogP contribution in [0.15, 0.2) is 41.3 Å². The number of rotatable bonds is 4. The van der Waals surface area contributed by atoms with Crippen molar-refractivity contribution >= 4 is 33.8 Å². The number of hydrogen-bond donors (Lipinski definition) is 1. The Labute approximate surface area is 127 Å². The highest BCUT2D eigenvalue weighted by Gasteiger charge is 2.16. The maximum absolute atomic E-state index is 13.5.